The van der Waals surface area contributed by atoms with Gasteiger partial charge in [-0.15, -0.1) is 0 Å². The summed E-state index contributed by atoms with van der Waals surface area (Å²) >= 11 is 0. The predicted octanol–water partition coefficient (Wildman–Crippen LogP) is 1.84. The molecule has 1 aromatic carbocycles. The van der Waals surface area contributed by atoms with E-state index in [1.807, 2.05) is 0 Å². The summed E-state index contributed by atoms with van der Waals surface area (Å²) in [5.41, 5.74) is 0.606. The van der Waals surface area contributed by atoms with Crippen LogP contribution in [0.4, 0.5) is 0 Å². The second-order valence-electron chi connectivity index (χ2n) is 4.46. The van der Waals surface area contributed by atoms with E-state index in [2.05, 4.69) is 19.2 Å². The van der Waals surface area contributed by atoms with Crippen molar-refractivity contribution in [3.63, 3.8) is 0 Å². The first-order valence-corrected chi connectivity index (χ1v) is 5.84. The smallest absolute Gasteiger partial charge is 0.251 e. The highest BCUT2D eigenvalue weighted by molar-refractivity contribution is 5.94. The molecule has 0 aromatic heterocycles. The fraction of sp³-hybridized carbons (Fsp3) is 0.462. The number of carbonyl (C=O) groups is 1. The van der Waals surface area contributed by atoms with Crippen LogP contribution in [-0.2, 0) is 0 Å². The third-order valence-corrected chi connectivity index (χ3v) is 2.48. The minimum absolute atomic E-state index is 0.0735. The number of benzene rings is 1. The normalized spacial score (nSPS) is 13.6. The highest BCUT2D eigenvalue weighted by Crippen LogP contribution is 2.30. The van der Waals surface area contributed by atoms with E-state index in [1.54, 1.807) is 18.2 Å². The molecule has 0 atom stereocenters. The Bertz CT molecular complexity index is 415. The molecule has 0 fully saturated rings. The quantitative estimate of drug-likeness (QED) is 0.869. The van der Waals surface area contributed by atoms with Gasteiger partial charge in [0.25, 0.3) is 5.91 Å². The Morgan fingerprint density at radius 3 is 2.71 bits per heavy atom. The van der Waals surface area contributed by atoms with Crippen LogP contribution in [0.1, 0.15) is 24.2 Å². The molecule has 0 spiro atoms. The molecular formula is C13H17NO3. The van der Waals surface area contributed by atoms with E-state index in [0.717, 1.165) is 0 Å². The maximum Gasteiger partial charge on any atom is 0.251 e. The third kappa shape index (κ3) is 2.90. The van der Waals surface area contributed by atoms with Crippen molar-refractivity contribution in [3.8, 4) is 11.5 Å². The summed E-state index contributed by atoms with van der Waals surface area (Å²) in [6, 6.07) is 5.26. The van der Waals surface area contributed by atoms with Crippen molar-refractivity contribution in [1.29, 1.82) is 0 Å². The molecule has 17 heavy (non-hydrogen) atoms. The monoisotopic (exact) mass is 235 g/mol. The molecule has 0 unspecified atom stereocenters. The van der Waals surface area contributed by atoms with E-state index >= 15 is 0 Å². The SMILES string of the molecule is CC(C)CNC(=O)c1ccc2c(c1)OCCO2. The van der Waals surface area contributed by atoms with Crippen LogP contribution >= 0.6 is 0 Å². The van der Waals surface area contributed by atoms with Gasteiger partial charge in [0.15, 0.2) is 11.5 Å². The van der Waals surface area contributed by atoms with E-state index in [4.69, 9.17) is 9.47 Å². The van der Waals surface area contributed by atoms with E-state index in [1.165, 1.54) is 0 Å². The molecule has 92 valence electrons. The Balaban J connectivity index is 2.08. The van der Waals surface area contributed by atoms with Crippen LogP contribution in [0.3, 0.4) is 0 Å². The van der Waals surface area contributed by atoms with Gasteiger partial charge in [-0.1, -0.05) is 13.8 Å². The molecule has 1 heterocycles. The van der Waals surface area contributed by atoms with E-state index < -0.39 is 0 Å². The molecule has 1 N–H and O–H groups in total. The third-order valence-electron chi connectivity index (χ3n) is 2.48. The Kier molecular flexibility index (Phi) is 3.52. The Hall–Kier alpha value is -1.71. The van der Waals surface area contributed by atoms with Crippen molar-refractivity contribution in [1.82, 2.24) is 5.32 Å². The molecule has 0 saturated carbocycles. The summed E-state index contributed by atoms with van der Waals surface area (Å²) in [5, 5.41) is 2.87. The van der Waals surface area contributed by atoms with Crippen molar-refractivity contribution in [3.05, 3.63) is 23.8 Å². The van der Waals surface area contributed by atoms with Crippen LogP contribution < -0.4 is 14.8 Å². The van der Waals surface area contributed by atoms with Gasteiger partial charge in [0, 0.05) is 12.1 Å². The lowest BCUT2D eigenvalue weighted by Crippen LogP contribution is -2.27. The molecule has 0 aliphatic carbocycles. The largest absolute Gasteiger partial charge is 0.486 e. The molecule has 1 aliphatic heterocycles. The second kappa shape index (κ2) is 5.08. The lowest BCUT2D eigenvalue weighted by Gasteiger charge is -2.18. The zero-order valence-electron chi connectivity index (χ0n) is 10.2. The van der Waals surface area contributed by atoms with Crippen LogP contribution in [0, 0.1) is 5.92 Å². The van der Waals surface area contributed by atoms with Gasteiger partial charge in [0.1, 0.15) is 13.2 Å². The highest BCUT2D eigenvalue weighted by atomic mass is 16.6. The number of fused-ring (bicyclic) bond motifs is 1. The maximum atomic E-state index is 11.8. The lowest BCUT2D eigenvalue weighted by atomic mass is 10.1. The highest BCUT2D eigenvalue weighted by Gasteiger charge is 2.14. The lowest BCUT2D eigenvalue weighted by molar-refractivity contribution is 0.0947. The van der Waals surface area contributed by atoms with Gasteiger partial charge in [0.2, 0.25) is 0 Å². The summed E-state index contributed by atoms with van der Waals surface area (Å²) in [5.74, 6) is 1.72. The van der Waals surface area contributed by atoms with Crippen LogP contribution in [-0.4, -0.2) is 25.7 Å². The van der Waals surface area contributed by atoms with E-state index in [0.29, 0.717) is 42.7 Å². The molecule has 2 rings (SSSR count). The summed E-state index contributed by atoms with van der Waals surface area (Å²) in [4.78, 5) is 11.8. The summed E-state index contributed by atoms with van der Waals surface area (Å²) in [6.45, 7) is 5.89. The number of ether oxygens (including phenoxy) is 2. The predicted molar refractivity (Wildman–Crippen MR) is 64.6 cm³/mol. The van der Waals surface area contributed by atoms with Crippen molar-refractivity contribution in [2.45, 2.75) is 13.8 Å². The minimum Gasteiger partial charge on any atom is -0.486 e. The number of hydrogen-bond acceptors (Lipinski definition) is 3. The van der Waals surface area contributed by atoms with Gasteiger partial charge >= 0.3 is 0 Å². The van der Waals surface area contributed by atoms with Gasteiger partial charge in [-0.3, -0.25) is 4.79 Å². The minimum atomic E-state index is -0.0735. The molecule has 1 aromatic rings. The van der Waals surface area contributed by atoms with Crippen LogP contribution in [0.2, 0.25) is 0 Å². The number of amides is 1. The maximum absolute atomic E-state index is 11.8. The van der Waals surface area contributed by atoms with Gasteiger partial charge in [-0.05, 0) is 24.1 Å². The molecule has 4 heteroatoms. The topological polar surface area (TPSA) is 47.6 Å². The fourth-order valence-electron chi connectivity index (χ4n) is 1.58. The van der Waals surface area contributed by atoms with Crippen molar-refractivity contribution >= 4 is 5.91 Å². The van der Waals surface area contributed by atoms with E-state index in [-0.39, 0.29) is 5.91 Å². The van der Waals surface area contributed by atoms with Crippen LogP contribution in [0.15, 0.2) is 18.2 Å². The number of carbonyl (C=O) groups excluding carboxylic acids is 1. The number of nitrogens with one attached hydrogen (secondary N) is 1. The van der Waals surface area contributed by atoms with E-state index in [9.17, 15) is 4.79 Å². The Labute approximate surface area is 101 Å². The standard InChI is InChI=1S/C13H17NO3/c1-9(2)8-14-13(15)10-3-4-11-12(7-10)17-6-5-16-11/h3-4,7,9H,5-6,8H2,1-2H3,(H,14,15). The summed E-state index contributed by atoms with van der Waals surface area (Å²) in [7, 11) is 0. The first kappa shape index (κ1) is 11.8. The van der Waals surface area contributed by atoms with Crippen molar-refractivity contribution < 1.29 is 14.3 Å². The zero-order valence-corrected chi connectivity index (χ0v) is 10.2. The first-order chi connectivity index (χ1) is 8.16. The molecule has 0 bridgehead atoms. The molecule has 1 aliphatic rings. The van der Waals surface area contributed by atoms with Gasteiger partial charge in [-0.2, -0.15) is 0 Å². The average Bonchev–Trinajstić information content (AvgIpc) is 2.35. The first-order valence-electron chi connectivity index (χ1n) is 5.84. The van der Waals surface area contributed by atoms with Gasteiger partial charge in [-0.25, -0.2) is 0 Å². The molecule has 1 amide bonds. The number of hydrogen-bond donors (Lipinski definition) is 1. The molecule has 0 radical (unpaired) electrons. The Morgan fingerprint density at radius 1 is 1.29 bits per heavy atom. The molecule has 4 nitrogen and oxygen atoms in total. The van der Waals surface area contributed by atoms with Crippen molar-refractivity contribution in [2.75, 3.05) is 19.8 Å². The van der Waals surface area contributed by atoms with Gasteiger partial charge < -0.3 is 14.8 Å². The van der Waals surface area contributed by atoms with Crippen molar-refractivity contribution in [2.24, 2.45) is 5.92 Å². The Morgan fingerprint density at radius 2 is 2.00 bits per heavy atom. The van der Waals surface area contributed by atoms with Gasteiger partial charge in [0.05, 0.1) is 0 Å². The molecule has 0 saturated heterocycles. The number of rotatable bonds is 3. The fourth-order valence-corrected chi connectivity index (χ4v) is 1.58. The second-order valence-corrected chi connectivity index (χ2v) is 4.46. The average molecular weight is 235 g/mol. The van der Waals surface area contributed by atoms with Crippen LogP contribution in [0.5, 0.6) is 11.5 Å². The molecular weight excluding hydrogens is 218 g/mol. The summed E-state index contributed by atoms with van der Waals surface area (Å²) in [6.07, 6.45) is 0. The zero-order chi connectivity index (χ0) is 12.3. The van der Waals surface area contributed by atoms with Crippen LogP contribution in [0.25, 0.3) is 0 Å². The summed E-state index contributed by atoms with van der Waals surface area (Å²) < 4.78 is 10.8.